The van der Waals surface area contributed by atoms with Crippen LogP contribution in [0, 0.1) is 11.8 Å². The third-order valence-corrected chi connectivity index (χ3v) is 4.23. The summed E-state index contributed by atoms with van der Waals surface area (Å²) in [5.41, 5.74) is 0. The van der Waals surface area contributed by atoms with Gasteiger partial charge in [0.1, 0.15) is 0 Å². The topological polar surface area (TPSA) is 12.0 Å². The minimum atomic E-state index is 0.853. The summed E-state index contributed by atoms with van der Waals surface area (Å²) in [5, 5.41) is 3.74. The molecular formula is C13H25N. The van der Waals surface area contributed by atoms with Crippen molar-refractivity contribution in [3.8, 4) is 0 Å². The molecule has 1 heteroatoms. The standard InChI is InChI=1S/C13H25N/c1-11-5-7-13(8-6-11)14-10-9-12-3-2-4-12/h11-14H,2-10H2,1H3. The van der Waals surface area contributed by atoms with Crippen LogP contribution in [0.1, 0.15) is 58.3 Å². The fraction of sp³-hybridized carbons (Fsp3) is 1.00. The molecule has 0 heterocycles. The molecule has 0 atom stereocenters. The van der Waals surface area contributed by atoms with Gasteiger partial charge in [0.2, 0.25) is 0 Å². The molecule has 2 aliphatic rings. The summed E-state index contributed by atoms with van der Waals surface area (Å²) in [6, 6.07) is 0.853. The second kappa shape index (κ2) is 5.16. The van der Waals surface area contributed by atoms with Gasteiger partial charge in [-0.2, -0.15) is 0 Å². The summed E-state index contributed by atoms with van der Waals surface area (Å²) in [6.07, 6.45) is 11.7. The monoisotopic (exact) mass is 195 g/mol. The van der Waals surface area contributed by atoms with Crippen molar-refractivity contribution in [2.75, 3.05) is 6.54 Å². The Hall–Kier alpha value is -0.0400. The number of rotatable bonds is 4. The zero-order chi connectivity index (χ0) is 9.80. The van der Waals surface area contributed by atoms with E-state index >= 15 is 0 Å². The molecule has 0 spiro atoms. The molecule has 0 saturated heterocycles. The molecule has 14 heavy (non-hydrogen) atoms. The van der Waals surface area contributed by atoms with Gasteiger partial charge in [0.15, 0.2) is 0 Å². The van der Waals surface area contributed by atoms with Crippen LogP contribution in [0.25, 0.3) is 0 Å². The fourth-order valence-corrected chi connectivity index (χ4v) is 2.74. The first-order valence-corrected chi connectivity index (χ1v) is 6.58. The molecule has 2 fully saturated rings. The maximum Gasteiger partial charge on any atom is 0.00672 e. The van der Waals surface area contributed by atoms with Crippen LogP contribution in [-0.2, 0) is 0 Å². The molecule has 0 aliphatic heterocycles. The van der Waals surface area contributed by atoms with Crippen LogP contribution >= 0.6 is 0 Å². The highest BCUT2D eigenvalue weighted by Crippen LogP contribution is 2.29. The van der Waals surface area contributed by atoms with Gasteiger partial charge in [0.25, 0.3) is 0 Å². The Balaban J connectivity index is 1.52. The van der Waals surface area contributed by atoms with Crippen molar-refractivity contribution in [1.82, 2.24) is 5.32 Å². The predicted molar refractivity (Wildman–Crippen MR) is 61.4 cm³/mol. The van der Waals surface area contributed by atoms with E-state index in [4.69, 9.17) is 0 Å². The lowest BCUT2D eigenvalue weighted by atomic mass is 9.82. The van der Waals surface area contributed by atoms with E-state index in [0.29, 0.717) is 0 Å². The van der Waals surface area contributed by atoms with E-state index in [0.717, 1.165) is 17.9 Å². The van der Waals surface area contributed by atoms with Crippen molar-refractivity contribution in [2.45, 2.75) is 64.3 Å². The maximum absolute atomic E-state index is 3.74. The summed E-state index contributed by atoms with van der Waals surface area (Å²) in [4.78, 5) is 0. The lowest BCUT2D eigenvalue weighted by molar-refractivity contribution is 0.266. The van der Waals surface area contributed by atoms with Gasteiger partial charge in [-0.3, -0.25) is 0 Å². The minimum absolute atomic E-state index is 0.853. The van der Waals surface area contributed by atoms with Crippen molar-refractivity contribution >= 4 is 0 Å². The molecule has 2 saturated carbocycles. The van der Waals surface area contributed by atoms with Gasteiger partial charge in [0.05, 0.1) is 0 Å². The molecule has 0 aromatic carbocycles. The smallest absolute Gasteiger partial charge is 0.00672 e. The fourth-order valence-electron chi connectivity index (χ4n) is 2.74. The highest BCUT2D eigenvalue weighted by atomic mass is 14.9. The highest BCUT2D eigenvalue weighted by molar-refractivity contribution is 4.76. The molecule has 0 radical (unpaired) electrons. The lowest BCUT2D eigenvalue weighted by Crippen LogP contribution is -2.34. The van der Waals surface area contributed by atoms with Crippen LogP contribution in [-0.4, -0.2) is 12.6 Å². The molecule has 1 nitrogen and oxygen atoms in total. The SMILES string of the molecule is CC1CCC(NCCC2CCC2)CC1. The van der Waals surface area contributed by atoms with Gasteiger partial charge in [-0.15, -0.1) is 0 Å². The van der Waals surface area contributed by atoms with Crippen LogP contribution in [0.15, 0.2) is 0 Å². The number of hydrogen-bond donors (Lipinski definition) is 1. The molecule has 0 amide bonds. The Morgan fingerprint density at radius 2 is 1.71 bits per heavy atom. The first kappa shape index (κ1) is 10.5. The van der Waals surface area contributed by atoms with E-state index in [2.05, 4.69) is 12.2 Å². The van der Waals surface area contributed by atoms with Crippen molar-refractivity contribution in [1.29, 1.82) is 0 Å². The molecular weight excluding hydrogens is 170 g/mol. The van der Waals surface area contributed by atoms with E-state index in [9.17, 15) is 0 Å². The Labute approximate surface area is 88.7 Å². The molecule has 1 N–H and O–H groups in total. The van der Waals surface area contributed by atoms with Gasteiger partial charge in [0, 0.05) is 6.04 Å². The zero-order valence-corrected chi connectivity index (χ0v) is 9.60. The van der Waals surface area contributed by atoms with Crippen molar-refractivity contribution in [2.24, 2.45) is 11.8 Å². The van der Waals surface area contributed by atoms with Gasteiger partial charge in [-0.1, -0.05) is 26.2 Å². The molecule has 0 aromatic rings. The van der Waals surface area contributed by atoms with E-state index < -0.39 is 0 Å². The quantitative estimate of drug-likeness (QED) is 0.725. The number of nitrogens with one attached hydrogen (secondary N) is 1. The molecule has 0 unspecified atom stereocenters. The van der Waals surface area contributed by atoms with Crippen LogP contribution in [0.5, 0.6) is 0 Å². The third-order valence-electron chi connectivity index (χ3n) is 4.23. The average Bonchev–Trinajstić information content (AvgIpc) is 2.12. The minimum Gasteiger partial charge on any atom is -0.314 e. The number of hydrogen-bond acceptors (Lipinski definition) is 1. The summed E-state index contributed by atoms with van der Waals surface area (Å²) >= 11 is 0. The summed E-state index contributed by atoms with van der Waals surface area (Å²) in [6.45, 7) is 3.67. The molecule has 82 valence electrons. The van der Waals surface area contributed by atoms with Crippen molar-refractivity contribution in [3.05, 3.63) is 0 Å². The third kappa shape index (κ3) is 2.98. The predicted octanol–water partition coefficient (Wildman–Crippen LogP) is 3.34. The lowest BCUT2D eigenvalue weighted by Gasteiger charge is -2.29. The van der Waals surface area contributed by atoms with Gasteiger partial charge in [-0.05, 0) is 50.5 Å². The highest BCUT2D eigenvalue weighted by Gasteiger charge is 2.19. The van der Waals surface area contributed by atoms with Crippen molar-refractivity contribution in [3.63, 3.8) is 0 Å². The van der Waals surface area contributed by atoms with Crippen LogP contribution in [0.4, 0.5) is 0 Å². The second-order valence-corrected chi connectivity index (χ2v) is 5.50. The Bertz CT molecular complexity index is 155. The van der Waals surface area contributed by atoms with E-state index in [1.165, 1.54) is 57.9 Å². The first-order chi connectivity index (χ1) is 6.84. The van der Waals surface area contributed by atoms with Gasteiger partial charge >= 0.3 is 0 Å². The normalized spacial score (nSPS) is 34.1. The van der Waals surface area contributed by atoms with E-state index in [-0.39, 0.29) is 0 Å². The van der Waals surface area contributed by atoms with E-state index in [1.54, 1.807) is 0 Å². The van der Waals surface area contributed by atoms with Crippen molar-refractivity contribution < 1.29 is 0 Å². The van der Waals surface area contributed by atoms with Crippen LogP contribution in [0.3, 0.4) is 0 Å². The first-order valence-electron chi connectivity index (χ1n) is 6.58. The Kier molecular flexibility index (Phi) is 3.86. The van der Waals surface area contributed by atoms with Crippen LogP contribution in [0.2, 0.25) is 0 Å². The molecule has 0 aromatic heterocycles. The van der Waals surface area contributed by atoms with Gasteiger partial charge < -0.3 is 5.32 Å². The molecule has 2 rings (SSSR count). The summed E-state index contributed by atoms with van der Waals surface area (Å²) < 4.78 is 0. The Morgan fingerprint density at radius 3 is 2.29 bits per heavy atom. The summed E-state index contributed by atoms with van der Waals surface area (Å²) in [7, 11) is 0. The largest absolute Gasteiger partial charge is 0.314 e. The molecule has 2 aliphatic carbocycles. The van der Waals surface area contributed by atoms with Crippen LogP contribution < -0.4 is 5.32 Å². The molecule has 0 bridgehead atoms. The van der Waals surface area contributed by atoms with E-state index in [1.807, 2.05) is 0 Å². The Morgan fingerprint density at radius 1 is 1.00 bits per heavy atom. The maximum atomic E-state index is 3.74. The second-order valence-electron chi connectivity index (χ2n) is 5.50. The van der Waals surface area contributed by atoms with Gasteiger partial charge in [-0.25, -0.2) is 0 Å². The summed E-state index contributed by atoms with van der Waals surface area (Å²) in [5.74, 6) is 2.06. The zero-order valence-electron chi connectivity index (χ0n) is 9.60. The average molecular weight is 195 g/mol.